The molecule has 1 N–H and O–H groups in total. The van der Waals surface area contributed by atoms with Gasteiger partial charge in [-0.1, -0.05) is 18.2 Å². The van der Waals surface area contributed by atoms with Crippen molar-refractivity contribution in [2.45, 2.75) is 44.8 Å². The molecule has 0 aromatic heterocycles. The first-order chi connectivity index (χ1) is 17.8. The number of anilines is 1. The molecule has 1 aliphatic rings. The number of sulfonamides is 1. The molecule has 38 heavy (non-hydrogen) atoms. The van der Waals surface area contributed by atoms with E-state index in [0.717, 1.165) is 22.0 Å². The molecule has 0 radical (unpaired) electrons. The van der Waals surface area contributed by atoms with E-state index in [1.54, 1.807) is 19.1 Å². The summed E-state index contributed by atoms with van der Waals surface area (Å²) in [5, 5.41) is 9.59. The molecule has 11 heteroatoms. The van der Waals surface area contributed by atoms with E-state index in [1.807, 2.05) is 0 Å². The Morgan fingerprint density at radius 1 is 1.13 bits per heavy atom. The molecule has 0 spiro atoms. The smallest absolute Gasteiger partial charge is 0.387 e. The molecule has 0 saturated heterocycles. The quantitative estimate of drug-likeness (QED) is 0.378. The highest BCUT2D eigenvalue weighted by Crippen LogP contribution is 2.42. The number of halogens is 3. The van der Waals surface area contributed by atoms with Gasteiger partial charge in [0.15, 0.2) is 0 Å². The number of nitrogens with zero attached hydrogens (tertiary/aromatic N) is 1. The van der Waals surface area contributed by atoms with Gasteiger partial charge in [-0.05, 0) is 73.9 Å². The van der Waals surface area contributed by atoms with Crippen LogP contribution >= 0.6 is 0 Å². The SMILES string of the molecule is Cc1cccc(S(=O)(=O)N2C[C@@H](CC(C)(C)C(=O)O)Oc3ccc(-c4cc(F)cc(OC(F)F)c4)cc32)c1. The lowest BCUT2D eigenvalue weighted by Crippen LogP contribution is -2.46. The number of aryl methyl sites for hydroxylation is 1. The van der Waals surface area contributed by atoms with E-state index in [4.69, 9.17) is 4.74 Å². The van der Waals surface area contributed by atoms with Gasteiger partial charge in [0.2, 0.25) is 0 Å². The van der Waals surface area contributed by atoms with E-state index in [9.17, 15) is 31.5 Å². The van der Waals surface area contributed by atoms with E-state index >= 15 is 0 Å². The first kappa shape index (κ1) is 27.3. The molecular formula is C27H26F3NO6S. The second kappa shape index (κ2) is 10.2. The van der Waals surface area contributed by atoms with E-state index in [-0.39, 0.29) is 40.6 Å². The van der Waals surface area contributed by atoms with Gasteiger partial charge in [0.1, 0.15) is 23.4 Å². The summed E-state index contributed by atoms with van der Waals surface area (Å²) in [5.41, 5.74) is 0.200. The number of fused-ring (bicyclic) bond motifs is 1. The van der Waals surface area contributed by atoms with Crippen molar-refractivity contribution < 1.29 is 41.0 Å². The summed E-state index contributed by atoms with van der Waals surface area (Å²) in [6.45, 7) is 1.49. The molecule has 0 aliphatic carbocycles. The van der Waals surface area contributed by atoms with Gasteiger partial charge in [0.05, 0.1) is 22.5 Å². The molecule has 0 amide bonds. The second-order valence-electron chi connectivity index (χ2n) is 9.72. The Balaban J connectivity index is 1.82. The van der Waals surface area contributed by atoms with Crippen molar-refractivity contribution in [1.29, 1.82) is 0 Å². The summed E-state index contributed by atoms with van der Waals surface area (Å²) in [7, 11) is -4.13. The number of carbonyl (C=O) groups is 1. The summed E-state index contributed by atoms with van der Waals surface area (Å²) in [4.78, 5) is 11.8. The third kappa shape index (κ3) is 5.72. The number of ether oxygens (including phenoxy) is 2. The largest absolute Gasteiger partial charge is 0.486 e. The van der Waals surface area contributed by atoms with Crippen LogP contribution in [-0.2, 0) is 14.8 Å². The van der Waals surface area contributed by atoms with Crippen molar-refractivity contribution in [2.75, 3.05) is 10.8 Å². The first-order valence-electron chi connectivity index (χ1n) is 11.7. The molecule has 1 heterocycles. The van der Waals surface area contributed by atoms with Crippen molar-refractivity contribution in [3.8, 4) is 22.6 Å². The van der Waals surface area contributed by atoms with Gasteiger partial charge in [-0.25, -0.2) is 12.8 Å². The maximum absolute atomic E-state index is 14.2. The minimum Gasteiger partial charge on any atom is -0.486 e. The minimum atomic E-state index is -4.13. The van der Waals surface area contributed by atoms with Gasteiger partial charge in [0.25, 0.3) is 10.0 Å². The Hall–Kier alpha value is -3.73. The fourth-order valence-corrected chi connectivity index (χ4v) is 5.89. The van der Waals surface area contributed by atoms with Gasteiger partial charge in [-0.2, -0.15) is 8.78 Å². The Morgan fingerprint density at radius 2 is 1.87 bits per heavy atom. The predicted molar refractivity (Wildman–Crippen MR) is 135 cm³/mol. The Morgan fingerprint density at radius 3 is 2.53 bits per heavy atom. The number of hydrogen-bond acceptors (Lipinski definition) is 5. The normalized spacial score (nSPS) is 15.7. The van der Waals surface area contributed by atoms with Gasteiger partial charge in [-0.3, -0.25) is 9.10 Å². The van der Waals surface area contributed by atoms with E-state index in [0.29, 0.717) is 5.56 Å². The number of carboxylic acids is 1. The lowest BCUT2D eigenvalue weighted by atomic mass is 9.86. The third-order valence-corrected chi connectivity index (χ3v) is 7.99. The topological polar surface area (TPSA) is 93.1 Å². The summed E-state index contributed by atoms with van der Waals surface area (Å²) in [6.07, 6.45) is -0.749. The highest BCUT2D eigenvalue weighted by Gasteiger charge is 2.39. The van der Waals surface area contributed by atoms with E-state index in [1.165, 1.54) is 50.2 Å². The lowest BCUT2D eigenvalue weighted by molar-refractivity contribution is -0.148. The second-order valence-corrected chi connectivity index (χ2v) is 11.6. The van der Waals surface area contributed by atoms with Crippen molar-refractivity contribution in [3.63, 3.8) is 0 Å². The molecule has 0 bridgehead atoms. The lowest BCUT2D eigenvalue weighted by Gasteiger charge is -2.38. The van der Waals surface area contributed by atoms with Crippen LogP contribution in [0, 0.1) is 18.2 Å². The van der Waals surface area contributed by atoms with Gasteiger partial charge in [0, 0.05) is 12.5 Å². The van der Waals surface area contributed by atoms with Crippen LogP contribution in [0.25, 0.3) is 11.1 Å². The zero-order valence-electron chi connectivity index (χ0n) is 20.8. The van der Waals surface area contributed by atoms with Gasteiger partial charge in [-0.15, -0.1) is 0 Å². The van der Waals surface area contributed by atoms with Crippen LogP contribution in [0.3, 0.4) is 0 Å². The number of alkyl halides is 2. The Labute approximate surface area is 218 Å². The maximum atomic E-state index is 14.2. The highest BCUT2D eigenvalue weighted by molar-refractivity contribution is 7.92. The van der Waals surface area contributed by atoms with Gasteiger partial charge < -0.3 is 14.6 Å². The molecule has 3 aromatic carbocycles. The predicted octanol–water partition coefficient (Wildman–Crippen LogP) is 5.86. The summed E-state index contributed by atoms with van der Waals surface area (Å²) in [6, 6.07) is 14.0. The molecule has 0 saturated carbocycles. The van der Waals surface area contributed by atoms with Gasteiger partial charge >= 0.3 is 12.6 Å². The van der Waals surface area contributed by atoms with Crippen molar-refractivity contribution in [3.05, 3.63) is 72.0 Å². The molecule has 0 fully saturated rings. The Bertz CT molecular complexity index is 1480. The van der Waals surface area contributed by atoms with Crippen LogP contribution in [0.1, 0.15) is 25.8 Å². The molecule has 4 rings (SSSR count). The number of hydrogen-bond donors (Lipinski definition) is 1. The number of benzene rings is 3. The monoisotopic (exact) mass is 549 g/mol. The van der Waals surface area contributed by atoms with Crippen LogP contribution in [0.15, 0.2) is 65.6 Å². The molecule has 3 aromatic rings. The zero-order chi connectivity index (χ0) is 27.8. The first-order valence-corrected chi connectivity index (χ1v) is 13.1. The third-order valence-electron chi connectivity index (χ3n) is 6.21. The Kier molecular flexibility index (Phi) is 7.33. The molecule has 1 aliphatic heterocycles. The van der Waals surface area contributed by atoms with E-state index in [2.05, 4.69) is 4.74 Å². The fourth-order valence-electron chi connectivity index (χ4n) is 4.29. The number of aliphatic carboxylic acids is 1. The molecule has 202 valence electrons. The number of carboxylic acid groups (broad SMARTS) is 1. The van der Waals surface area contributed by atoms with Crippen LogP contribution < -0.4 is 13.8 Å². The molecule has 1 atom stereocenters. The van der Waals surface area contributed by atoms with Crippen molar-refractivity contribution >= 4 is 21.7 Å². The molecular weight excluding hydrogens is 523 g/mol. The van der Waals surface area contributed by atoms with Crippen molar-refractivity contribution in [1.82, 2.24) is 0 Å². The molecule has 0 unspecified atom stereocenters. The summed E-state index contributed by atoms with van der Waals surface area (Å²) < 4.78 is 78.8. The fraction of sp³-hybridized carbons (Fsp3) is 0.296. The van der Waals surface area contributed by atoms with Crippen LogP contribution in [0.4, 0.5) is 18.9 Å². The summed E-state index contributed by atoms with van der Waals surface area (Å²) >= 11 is 0. The number of rotatable bonds is 8. The van der Waals surface area contributed by atoms with Crippen LogP contribution in [-0.4, -0.2) is 38.8 Å². The van der Waals surface area contributed by atoms with E-state index < -0.39 is 39.9 Å². The maximum Gasteiger partial charge on any atom is 0.387 e. The highest BCUT2D eigenvalue weighted by atomic mass is 32.2. The standard InChI is InChI=1S/C27H26F3NO6S/c1-16-5-4-6-22(9-16)38(34,35)31-15-21(14-27(2,3)25(32)33)36-24-8-7-17(12-23(24)31)18-10-19(28)13-20(11-18)37-26(29)30/h4-13,21,26H,14-15H2,1-3H3,(H,32,33)/t21-/m1/s1. The average molecular weight is 550 g/mol. The summed E-state index contributed by atoms with van der Waals surface area (Å²) in [5.74, 6) is -2.07. The zero-order valence-corrected chi connectivity index (χ0v) is 21.6. The van der Waals surface area contributed by atoms with Crippen LogP contribution in [0.2, 0.25) is 0 Å². The van der Waals surface area contributed by atoms with Crippen molar-refractivity contribution in [2.24, 2.45) is 5.41 Å². The average Bonchev–Trinajstić information content (AvgIpc) is 2.82. The minimum absolute atomic E-state index is 0.0294. The molecule has 7 nitrogen and oxygen atoms in total. The van der Waals surface area contributed by atoms with Crippen LogP contribution in [0.5, 0.6) is 11.5 Å².